The van der Waals surface area contributed by atoms with E-state index in [-0.39, 0.29) is 5.75 Å². The number of phenols is 1. The van der Waals surface area contributed by atoms with Gasteiger partial charge in [0.2, 0.25) is 0 Å². The van der Waals surface area contributed by atoms with Gasteiger partial charge in [0.05, 0.1) is 6.54 Å². The minimum Gasteiger partial charge on any atom is -0.508 e. The second kappa shape index (κ2) is 7.32. The van der Waals surface area contributed by atoms with Crippen LogP contribution in [0.25, 0.3) is 11.0 Å². The van der Waals surface area contributed by atoms with Gasteiger partial charge in [0.25, 0.3) is 0 Å². The number of fused-ring (bicyclic) bond motifs is 2. The Hall–Kier alpha value is -2.99. The quantitative estimate of drug-likeness (QED) is 0.531. The van der Waals surface area contributed by atoms with Gasteiger partial charge in [-0.25, -0.2) is 4.79 Å². The van der Waals surface area contributed by atoms with Gasteiger partial charge < -0.3 is 24.3 Å². The topological polar surface area (TPSA) is 85.5 Å². The molecule has 3 N–H and O–H groups in total. The van der Waals surface area contributed by atoms with Gasteiger partial charge in [-0.1, -0.05) is 6.07 Å². The van der Waals surface area contributed by atoms with Crippen LogP contribution in [0, 0.1) is 6.92 Å². The van der Waals surface area contributed by atoms with Gasteiger partial charge in [0.15, 0.2) is 11.5 Å². The van der Waals surface area contributed by atoms with E-state index < -0.39 is 5.63 Å². The molecule has 0 unspecified atom stereocenters. The standard InChI is InChI=1S/C21H21NO5/c1-13-17(23)4-3-16-15(11-20(24)27-21(13)16)12-22-7-6-14-2-5-18-19(10-14)26-9-8-25-18/h2-5,10-11,22-23H,6-9,12H2,1H3/p+1. The van der Waals surface area contributed by atoms with Crippen LogP contribution < -0.4 is 20.4 Å². The summed E-state index contributed by atoms with van der Waals surface area (Å²) in [5.41, 5.74) is 2.74. The number of hydrogen-bond acceptors (Lipinski definition) is 5. The maximum absolute atomic E-state index is 11.9. The second-order valence-corrected chi connectivity index (χ2v) is 6.69. The van der Waals surface area contributed by atoms with Crippen molar-refractivity contribution in [3.05, 3.63) is 63.5 Å². The molecule has 0 bridgehead atoms. The summed E-state index contributed by atoms with van der Waals surface area (Å²) in [5.74, 6) is 1.74. The summed E-state index contributed by atoms with van der Waals surface area (Å²) in [5, 5.41) is 12.9. The summed E-state index contributed by atoms with van der Waals surface area (Å²) in [6.45, 7) is 4.46. The van der Waals surface area contributed by atoms with Crippen molar-refractivity contribution in [3.63, 3.8) is 0 Å². The van der Waals surface area contributed by atoms with Crippen molar-refractivity contribution >= 4 is 11.0 Å². The van der Waals surface area contributed by atoms with Crippen LogP contribution in [0.1, 0.15) is 16.7 Å². The fraction of sp³-hybridized carbons (Fsp3) is 0.286. The van der Waals surface area contributed by atoms with Crippen LogP contribution in [-0.4, -0.2) is 24.9 Å². The highest BCUT2D eigenvalue weighted by molar-refractivity contribution is 5.84. The molecule has 140 valence electrons. The molecule has 6 nitrogen and oxygen atoms in total. The molecule has 0 spiro atoms. The van der Waals surface area contributed by atoms with E-state index in [1.54, 1.807) is 19.1 Å². The van der Waals surface area contributed by atoms with Gasteiger partial charge in [-0.05, 0) is 36.8 Å². The van der Waals surface area contributed by atoms with Crippen LogP contribution >= 0.6 is 0 Å². The molecule has 0 radical (unpaired) electrons. The molecular formula is C21H22NO5+. The zero-order chi connectivity index (χ0) is 18.8. The maximum atomic E-state index is 11.9. The lowest BCUT2D eigenvalue weighted by Crippen LogP contribution is -2.83. The number of phenolic OH excluding ortho intramolecular Hbond substituents is 1. The third-order valence-corrected chi connectivity index (χ3v) is 4.83. The molecule has 0 saturated carbocycles. The Morgan fingerprint density at radius 3 is 2.74 bits per heavy atom. The minimum absolute atomic E-state index is 0.130. The van der Waals surface area contributed by atoms with Gasteiger partial charge in [-0.15, -0.1) is 0 Å². The number of hydrogen-bond donors (Lipinski definition) is 2. The van der Waals surface area contributed by atoms with E-state index in [0.29, 0.717) is 30.9 Å². The highest BCUT2D eigenvalue weighted by Gasteiger charge is 2.13. The largest absolute Gasteiger partial charge is 0.508 e. The van der Waals surface area contributed by atoms with Crippen LogP contribution in [-0.2, 0) is 13.0 Å². The molecular weight excluding hydrogens is 346 g/mol. The van der Waals surface area contributed by atoms with Crippen molar-refractivity contribution in [2.24, 2.45) is 0 Å². The molecule has 0 aliphatic carbocycles. The molecule has 0 amide bonds. The molecule has 2 aromatic carbocycles. The molecule has 27 heavy (non-hydrogen) atoms. The van der Waals surface area contributed by atoms with Crippen LogP contribution in [0.15, 0.2) is 45.6 Å². The summed E-state index contributed by atoms with van der Waals surface area (Å²) in [6.07, 6.45) is 0.885. The van der Waals surface area contributed by atoms with Gasteiger partial charge in [-0.3, -0.25) is 0 Å². The van der Waals surface area contributed by atoms with Crippen molar-refractivity contribution in [2.75, 3.05) is 19.8 Å². The van der Waals surface area contributed by atoms with Gasteiger partial charge in [-0.2, -0.15) is 0 Å². The molecule has 0 saturated heterocycles. The summed E-state index contributed by atoms with van der Waals surface area (Å²) < 4.78 is 16.5. The maximum Gasteiger partial charge on any atom is 0.336 e. The third kappa shape index (κ3) is 3.61. The van der Waals surface area contributed by atoms with Gasteiger partial charge >= 0.3 is 5.63 Å². The highest BCUT2D eigenvalue weighted by Crippen LogP contribution is 2.30. The summed E-state index contributed by atoms with van der Waals surface area (Å²) >= 11 is 0. The van der Waals surface area contributed by atoms with Crippen molar-refractivity contribution in [1.82, 2.24) is 0 Å². The van der Waals surface area contributed by atoms with E-state index in [4.69, 9.17) is 13.9 Å². The number of nitrogens with two attached hydrogens (primary N) is 1. The number of aryl methyl sites for hydroxylation is 1. The number of ether oxygens (including phenoxy) is 2. The lowest BCUT2D eigenvalue weighted by molar-refractivity contribution is -0.670. The van der Waals surface area contributed by atoms with Crippen molar-refractivity contribution in [1.29, 1.82) is 0 Å². The van der Waals surface area contributed by atoms with E-state index in [1.807, 2.05) is 12.1 Å². The van der Waals surface area contributed by atoms with Crippen molar-refractivity contribution in [3.8, 4) is 17.2 Å². The zero-order valence-electron chi connectivity index (χ0n) is 15.2. The third-order valence-electron chi connectivity index (χ3n) is 4.83. The second-order valence-electron chi connectivity index (χ2n) is 6.69. The Labute approximate surface area is 156 Å². The first-order valence-corrected chi connectivity index (χ1v) is 9.07. The Morgan fingerprint density at radius 2 is 1.89 bits per heavy atom. The Balaban J connectivity index is 1.44. The summed E-state index contributed by atoms with van der Waals surface area (Å²) in [7, 11) is 0. The van der Waals surface area contributed by atoms with Crippen LogP contribution in [0.2, 0.25) is 0 Å². The average Bonchev–Trinajstić information content (AvgIpc) is 2.68. The van der Waals surface area contributed by atoms with Crippen molar-refractivity contribution < 1.29 is 24.3 Å². The fourth-order valence-electron chi connectivity index (χ4n) is 3.35. The molecule has 0 atom stereocenters. The summed E-state index contributed by atoms with van der Waals surface area (Å²) in [6, 6.07) is 11.0. The zero-order valence-corrected chi connectivity index (χ0v) is 15.2. The Bertz CT molecular complexity index is 1040. The molecule has 3 aromatic rings. The Morgan fingerprint density at radius 1 is 1.07 bits per heavy atom. The monoisotopic (exact) mass is 368 g/mol. The minimum atomic E-state index is -0.397. The van der Waals surface area contributed by atoms with Gasteiger partial charge in [0.1, 0.15) is 31.1 Å². The van der Waals surface area contributed by atoms with Crippen LogP contribution in [0.5, 0.6) is 17.2 Å². The van der Waals surface area contributed by atoms with E-state index in [9.17, 15) is 9.90 Å². The number of quaternary nitrogens is 1. The number of aromatic hydroxyl groups is 1. The number of rotatable bonds is 5. The molecule has 1 aliphatic heterocycles. The van der Waals surface area contributed by atoms with E-state index >= 15 is 0 Å². The normalized spacial score (nSPS) is 13.1. The SMILES string of the molecule is Cc1c(O)ccc2c(C[NH2+]CCc3ccc4c(c3)OCCO4)cc(=O)oc12. The fourth-order valence-corrected chi connectivity index (χ4v) is 3.35. The molecule has 4 rings (SSSR count). The lowest BCUT2D eigenvalue weighted by atomic mass is 10.1. The lowest BCUT2D eigenvalue weighted by Gasteiger charge is -2.18. The predicted octanol–water partition coefficient (Wildman–Crippen LogP) is 1.88. The van der Waals surface area contributed by atoms with E-state index in [1.165, 1.54) is 11.6 Å². The first kappa shape index (κ1) is 17.4. The molecule has 1 aliphatic rings. The molecule has 0 fully saturated rings. The summed E-state index contributed by atoms with van der Waals surface area (Å²) in [4.78, 5) is 11.9. The van der Waals surface area contributed by atoms with Crippen molar-refractivity contribution in [2.45, 2.75) is 19.9 Å². The smallest absolute Gasteiger partial charge is 0.336 e. The van der Waals surface area contributed by atoms with Crippen LogP contribution in [0.4, 0.5) is 0 Å². The van der Waals surface area contributed by atoms with Crippen LogP contribution in [0.3, 0.4) is 0 Å². The van der Waals surface area contributed by atoms with Gasteiger partial charge in [0, 0.05) is 29.0 Å². The molecule has 6 heteroatoms. The van der Waals surface area contributed by atoms with E-state index in [2.05, 4.69) is 11.4 Å². The molecule has 2 heterocycles. The first-order chi connectivity index (χ1) is 13.1. The first-order valence-electron chi connectivity index (χ1n) is 9.07. The Kier molecular flexibility index (Phi) is 4.73. The highest BCUT2D eigenvalue weighted by atomic mass is 16.6. The van der Waals surface area contributed by atoms with E-state index in [0.717, 1.165) is 35.4 Å². The average molecular weight is 368 g/mol. The molecule has 1 aromatic heterocycles. The number of benzene rings is 2. The predicted molar refractivity (Wildman–Crippen MR) is 101 cm³/mol.